The van der Waals surface area contributed by atoms with Gasteiger partial charge in [0.05, 0.1) is 0 Å². The van der Waals surface area contributed by atoms with Crippen molar-refractivity contribution < 1.29 is 0 Å². The van der Waals surface area contributed by atoms with Crippen LogP contribution in [0.5, 0.6) is 0 Å². The first kappa shape index (κ1) is 16.4. The first-order valence-corrected chi connectivity index (χ1v) is 9.72. The van der Waals surface area contributed by atoms with Crippen molar-refractivity contribution in [1.29, 1.82) is 0 Å². The Morgan fingerprint density at radius 2 is 1.96 bits per heavy atom. The third-order valence-electron chi connectivity index (χ3n) is 4.65. The molecule has 2 aromatic heterocycles. The van der Waals surface area contributed by atoms with Crippen LogP contribution in [0.15, 0.2) is 48.7 Å². The lowest BCUT2D eigenvalue weighted by Gasteiger charge is -2.27. The van der Waals surface area contributed by atoms with Crippen LogP contribution in [0.25, 0.3) is 10.4 Å². The van der Waals surface area contributed by atoms with Gasteiger partial charge >= 0.3 is 0 Å². The van der Waals surface area contributed by atoms with Gasteiger partial charge in [-0.05, 0) is 17.7 Å². The van der Waals surface area contributed by atoms with E-state index in [-0.39, 0.29) is 0 Å². The van der Waals surface area contributed by atoms with E-state index in [9.17, 15) is 0 Å². The van der Waals surface area contributed by atoms with Crippen molar-refractivity contribution in [2.75, 3.05) is 6.54 Å². The summed E-state index contributed by atoms with van der Waals surface area (Å²) in [7, 11) is 0. The molecule has 25 heavy (non-hydrogen) atoms. The lowest BCUT2D eigenvalue weighted by atomic mass is 10.1. The van der Waals surface area contributed by atoms with E-state index in [1.165, 1.54) is 26.6 Å². The Hall–Kier alpha value is -2.04. The maximum Gasteiger partial charge on any atom is 0.131 e. The molecule has 0 saturated heterocycles. The third-order valence-corrected chi connectivity index (χ3v) is 5.77. The molecule has 0 spiro atoms. The fraction of sp³-hybridized carbons (Fsp3) is 0.333. The van der Waals surface area contributed by atoms with E-state index in [1.54, 1.807) is 0 Å². The van der Waals surface area contributed by atoms with E-state index in [4.69, 9.17) is 4.98 Å². The Bertz CT molecular complexity index is 855. The number of thiophene rings is 1. The fourth-order valence-electron chi connectivity index (χ4n) is 3.24. The van der Waals surface area contributed by atoms with Crippen molar-refractivity contribution in [3.63, 3.8) is 0 Å². The van der Waals surface area contributed by atoms with E-state index in [0.29, 0.717) is 5.92 Å². The Labute approximate surface area is 153 Å². The lowest BCUT2D eigenvalue weighted by Crippen LogP contribution is -2.30. The highest BCUT2D eigenvalue weighted by Crippen LogP contribution is 2.29. The molecule has 3 heterocycles. The van der Waals surface area contributed by atoms with E-state index in [1.807, 2.05) is 17.5 Å². The van der Waals surface area contributed by atoms with E-state index in [0.717, 1.165) is 31.9 Å². The molecule has 0 fully saturated rings. The zero-order valence-corrected chi connectivity index (χ0v) is 15.6. The number of fused-ring (bicyclic) bond motifs is 1. The molecule has 0 radical (unpaired) electrons. The highest BCUT2D eigenvalue weighted by atomic mass is 32.1. The number of aromatic nitrogens is 2. The molecule has 0 N–H and O–H groups in total. The summed E-state index contributed by atoms with van der Waals surface area (Å²) in [4.78, 5) is 14.6. The van der Waals surface area contributed by atoms with Gasteiger partial charge in [0.2, 0.25) is 0 Å². The quantitative estimate of drug-likeness (QED) is 0.672. The molecule has 0 atom stereocenters. The van der Waals surface area contributed by atoms with Crippen LogP contribution in [0.1, 0.15) is 41.7 Å². The van der Waals surface area contributed by atoms with Gasteiger partial charge in [0.25, 0.3) is 0 Å². The van der Waals surface area contributed by atoms with Crippen molar-refractivity contribution in [2.45, 2.75) is 39.3 Å². The molecule has 0 amide bonds. The minimum absolute atomic E-state index is 0.394. The second kappa shape index (κ2) is 7.06. The van der Waals surface area contributed by atoms with Crippen LogP contribution in [-0.2, 0) is 19.5 Å². The van der Waals surface area contributed by atoms with Crippen LogP contribution < -0.4 is 0 Å². The number of nitrogens with zero attached hydrogens (tertiary/aromatic N) is 3. The Morgan fingerprint density at radius 1 is 1.12 bits per heavy atom. The second-order valence-electron chi connectivity index (χ2n) is 6.95. The molecule has 0 saturated carbocycles. The van der Waals surface area contributed by atoms with Gasteiger partial charge in [0.1, 0.15) is 5.82 Å². The predicted molar refractivity (Wildman–Crippen MR) is 104 cm³/mol. The van der Waals surface area contributed by atoms with Crippen LogP contribution in [0, 0.1) is 0 Å². The third kappa shape index (κ3) is 3.65. The highest BCUT2D eigenvalue weighted by molar-refractivity contribution is 7.15. The molecule has 0 bridgehead atoms. The zero-order chi connectivity index (χ0) is 17.2. The Balaban J connectivity index is 1.45. The SMILES string of the molecule is CC(C)c1ncc2c(n1)CCN(Cc1ccc(-c3ccccc3)s1)C2. The smallest absolute Gasteiger partial charge is 0.131 e. The van der Waals surface area contributed by atoms with Gasteiger partial charge in [-0.15, -0.1) is 11.3 Å². The maximum absolute atomic E-state index is 4.76. The Kier molecular flexibility index (Phi) is 4.64. The minimum atomic E-state index is 0.394. The maximum atomic E-state index is 4.76. The summed E-state index contributed by atoms with van der Waals surface area (Å²) in [5, 5.41) is 0. The number of benzene rings is 1. The van der Waals surface area contributed by atoms with Crippen LogP contribution in [-0.4, -0.2) is 21.4 Å². The summed E-state index contributed by atoms with van der Waals surface area (Å²) < 4.78 is 0. The number of hydrogen-bond donors (Lipinski definition) is 0. The van der Waals surface area contributed by atoms with Crippen molar-refractivity contribution in [3.8, 4) is 10.4 Å². The average Bonchev–Trinajstić information content (AvgIpc) is 3.10. The molecule has 3 aromatic rings. The normalized spacial score (nSPS) is 14.7. The van der Waals surface area contributed by atoms with Gasteiger partial charge in [-0.2, -0.15) is 0 Å². The molecule has 1 aliphatic heterocycles. The highest BCUT2D eigenvalue weighted by Gasteiger charge is 2.19. The summed E-state index contributed by atoms with van der Waals surface area (Å²) >= 11 is 1.89. The largest absolute Gasteiger partial charge is 0.293 e. The molecule has 4 rings (SSSR count). The monoisotopic (exact) mass is 349 g/mol. The Morgan fingerprint density at radius 3 is 2.76 bits per heavy atom. The van der Waals surface area contributed by atoms with Gasteiger partial charge in [0, 0.05) is 59.2 Å². The van der Waals surface area contributed by atoms with Crippen LogP contribution in [0.4, 0.5) is 0 Å². The molecular formula is C21H23N3S. The summed E-state index contributed by atoms with van der Waals surface area (Å²) in [5.74, 6) is 1.36. The van der Waals surface area contributed by atoms with Gasteiger partial charge in [-0.1, -0.05) is 44.2 Å². The van der Waals surface area contributed by atoms with Gasteiger partial charge in [-0.3, -0.25) is 4.90 Å². The molecular weight excluding hydrogens is 326 g/mol. The predicted octanol–water partition coefficient (Wildman–Crippen LogP) is 4.89. The van der Waals surface area contributed by atoms with Crippen molar-refractivity contribution in [1.82, 2.24) is 14.9 Å². The van der Waals surface area contributed by atoms with E-state index in [2.05, 4.69) is 66.2 Å². The number of rotatable bonds is 4. The van der Waals surface area contributed by atoms with Crippen molar-refractivity contribution >= 4 is 11.3 Å². The molecule has 128 valence electrons. The van der Waals surface area contributed by atoms with Crippen LogP contribution in [0.3, 0.4) is 0 Å². The molecule has 1 aromatic carbocycles. The minimum Gasteiger partial charge on any atom is -0.293 e. The molecule has 0 unspecified atom stereocenters. The number of hydrogen-bond acceptors (Lipinski definition) is 4. The van der Waals surface area contributed by atoms with Gasteiger partial charge in [-0.25, -0.2) is 9.97 Å². The average molecular weight is 350 g/mol. The first-order chi connectivity index (χ1) is 12.2. The van der Waals surface area contributed by atoms with Gasteiger partial charge < -0.3 is 0 Å². The summed E-state index contributed by atoms with van der Waals surface area (Å²) in [6.07, 6.45) is 3.06. The van der Waals surface area contributed by atoms with Crippen LogP contribution in [0.2, 0.25) is 0 Å². The molecule has 4 heteroatoms. The summed E-state index contributed by atoms with van der Waals surface area (Å²) in [6, 6.07) is 15.1. The topological polar surface area (TPSA) is 29.0 Å². The molecule has 3 nitrogen and oxygen atoms in total. The van der Waals surface area contributed by atoms with E-state index >= 15 is 0 Å². The lowest BCUT2D eigenvalue weighted by molar-refractivity contribution is 0.244. The summed E-state index contributed by atoms with van der Waals surface area (Å²) in [6.45, 7) is 7.32. The van der Waals surface area contributed by atoms with Crippen LogP contribution >= 0.6 is 11.3 Å². The van der Waals surface area contributed by atoms with Crippen molar-refractivity contribution in [2.24, 2.45) is 0 Å². The molecule has 0 aliphatic carbocycles. The van der Waals surface area contributed by atoms with Crippen molar-refractivity contribution in [3.05, 3.63) is 70.6 Å². The first-order valence-electron chi connectivity index (χ1n) is 8.90. The summed E-state index contributed by atoms with van der Waals surface area (Å²) in [5.41, 5.74) is 3.83. The van der Waals surface area contributed by atoms with Gasteiger partial charge in [0.15, 0.2) is 0 Å². The second-order valence-corrected chi connectivity index (χ2v) is 8.12. The zero-order valence-electron chi connectivity index (χ0n) is 14.8. The molecule has 1 aliphatic rings. The fourth-order valence-corrected chi connectivity index (χ4v) is 4.30. The standard InChI is InChI=1S/C21H23N3S/c1-15(2)21-22-12-17-13-24(11-10-19(17)23-21)14-18-8-9-20(25-18)16-6-4-3-5-7-16/h3-9,12,15H,10-11,13-14H2,1-2H3. The van der Waals surface area contributed by atoms with E-state index < -0.39 is 0 Å².